The summed E-state index contributed by atoms with van der Waals surface area (Å²) in [5.74, 6) is 0. The molecule has 0 aromatic rings. The van der Waals surface area contributed by atoms with E-state index >= 15 is 0 Å². The summed E-state index contributed by atoms with van der Waals surface area (Å²) in [4.78, 5) is 0. The van der Waals surface area contributed by atoms with Crippen LogP contribution in [-0.4, -0.2) is 32.7 Å². The lowest BCUT2D eigenvalue weighted by atomic mass is 10.4. The Morgan fingerprint density at radius 1 is 1.42 bits per heavy atom. The van der Waals surface area contributed by atoms with Crippen LogP contribution in [0, 0.1) is 0 Å². The number of hydrogen-bond acceptors (Lipinski definition) is 3. The molecule has 0 unspecified atom stereocenters. The molecule has 0 aliphatic rings. The molecule has 5 nitrogen and oxygen atoms in total. The average Bonchev–Trinajstić information content (AvgIpc) is 1.84. The van der Waals surface area contributed by atoms with Crippen molar-refractivity contribution >= 4 is 10.2 Å². The van der Waals surface area contributed by atoms with Crippen molar-refractivity contribution in [2.45, 2.75) is 26.3 Å². The first-order valence-electron chi connectivity index (χ1n) is 3.85. The van der Waals surface area contributed by atoms with Crippen LogP contribution in [0.1, 0.15) is 20.3 Å². The number of aliphatic hydroxyl groups is 1. The summed E-state index contributed by atoms with van der Waals surface area (Å²) in [6.45, 7) is 3.74. The van der Waals surface area contributed by atoms with Crippen LogP contribution in [0.5, 0.6) is 0 Å². The molecule has 0 spiro atoms. The van der Waals surface area contributed by atoms with Crippen molar-refractivity contribution in [3.8, 4) is 0 Å². The summed E-state index contributed by atoms with van der Waals surface area (Å²) in [7, 11) is -3.36. The van der Waals surface area contributed by atoms with Gasteiger partial charge in [-0.05, 0) is 20.3 Å². The van der Waals surface area contributed by atoms with Crippen molar-refractivity contribution in [3.05, 3.63) is 0 Å². The van der Waals surface area contributed by atoms with Crippen LogP contribution in [0.4, 0.5) is 0 Å². The molecule has 6 heteroatoms. The summed E-state index contributed by atoms with van der Waals surface area (Å²) in [6, 6.07) is -0.114. The number of nitrogens with one attached hydrogen (secondary N) is 2. The molecule has 0 radical (unpaired) electrons. The van der Waals surface area contributed by atoms with Crippen LogP contribution in [0.2, 0.25) is 0 Å². The zero-order chi connectivity index (χ0) is 9.61. The molecular weight excluding hydrogens is 180 g/mol. The van der Waals surface area contributed by atoms with Crippen molar-refractivity contribution in [2.24, 2.45) is 0 Å². The van der Waals surface area contributed by atoms with Crippen molar-refractivity contribution in [1.82, 2.24) is 9.44 Å². The molecule has 0 rings (SSSR count). The summed E-state index contributed by atoms with van der Waals surface area (Å²) in [5, 5.41) is 8.39. The first kappa shape index (κ1) is 11.8. The minimum Gasteiger partial charge on any atom is -0.396 e. The van der Waals surface area contributed by atoms with Crippen molar-refractivity contribution < 1.29 is 13.5 Å². The van der Waals surface area contributed by atoms with Crippen LogP contribution in [0.25, 0.3) is 0 Å². The van der Waals surface area contributed by atoms with E-state index in [-0.39, 0.29) is 19.2 Å². The Balaban J connectivity index is 3.73. The average molecular weight is 196 g/mol. The van der Waals surface area contributed by atoms with Gasteiger partial charge in [0.1, 0.15) is 0 Å². The SMILES string of the molecule is CC(C)NS(=O)(=O)NCCCO. The van der Waals surface area contributed by atoms with Gasteiger partial charge < -0.3 is 5.11 Å². The molecule has 0 saturated carbocycles. The monoisotopic (exact) mass is 196 g/mol. The second kappa shape index (κ2) is 5.47. The molecular formula is C6H16N2O3S. The lowest BCUT2D eigenvalue weighted by Crippen LogP contribution is -2.40. The molecule has 0 fully saturated rings. The number of aliphatic hydroxyl groups excluding tert-OH is 1. The zero-order valence-corrected chi connectivity index (χ0v) is 8.19. The van der Waals surface area contributed by atoms with E-state index in [1.807, 2.05) is 0 Å². The minimum atomic E-state index is -3.36. The largest absolute Gasteiger partial charge is 0.396 e. The maximum atomic E-state index is 11.0. The lowest BCUT2D eigenvalue weighted by Gasteiger charge is -2.09. The number of hydrogen-bond donors (Lipinski definition) is 3. The predicted octanol–water partition coefficient (Wildman–Crippen LogP) is -0.799. The maximum absolute atomic E-state index is 11.0. The first-order valence-corrected chi connectivity index (χ1v) is 5.34. The van der Waals surface area contributed by atoms with Gasteiger partial charge in [0.2, 0.25) is 0 Å². The Kier molecular flexibility index (Phi) is 5.39. The Labute approximate surface area is 73.4 Å². The number of rotatable bonds is 6. The smallest absolute Gasteiger partial charge is 0.277 e. The maximum Gasteiger partial charge on any atom is 0.277 e. The molecule has 3 N–H and O–H groups in total. The quantitative estimate of drug-likeness (QED) is 0.487. The highest BCUT2D eigenvalue weighted by atomic mass is 32.2. The fraction of sp³-hybridized carbons (Fsp3) is 1.00. The van der Waals surface area contributed by atoms with Gasteiger partial charge in [-0.25, -0.2) is 4.72 Å². The molecule has 0 atom stereocenters. The Morgan fingerprint density at radius 2 is 2.00 bits per heavy atom. The van der Waals surface area contributed by atoms with Gasteiger partial charge in [0.15, 0.2) is 0 Å². The van der Waals surface area contributed by atoms with Gasteiger partial charge in [0.05, 0.1) is 0 Å². The van der Waals surface area contributed by atoms with Crippen molar-refractivity contribution in [3.63, 3.8) is 0 Å². The second-order valence-corrected chi connectivity index (χ2v) is 4.28. The molecule has 0 bridgehead atoms. The molecule has 12 heavy (non-hydrogen) atoms. The Bertz CT molecular complexity index is 201. The van der Waals surface area contributed by atoms with E-state index in [0.717, 1.165) is 0 Å². The van der Waals surface area contributed by atoms with Gasteiger partial charge in [-0.1, -0.05) is 0 Å². The van der Waals surface area contributed by atoms with Gasteiger partial charge >= 0.3 is 0 Å². The normalized spacial score (nSPS) is 12.3. The molecule has 74 valence electrons. The fourth-order valence-corrected chi connectivity index (χ4v) is 1.75. The van der Waals surface area contributed by atoms with E-state index in [4.69, 9.17) is 5.11 Å². The van der Waals surface area contributed by atoms with E-state index < -0.39 is 10.2 Å². The van der Waals surface area contributed by atoms with Crippen molar-refractivity contribution in [1.29, 1.82) is 0 Å². The highest BCUT2D eigenvalue weighted by Crippen LogP contribution is 1.83. The van der Waals surface area contributed by atoms with Crippen LogP contribution in [-0.2, 0) is 10.2 Å². The van der Waals surface area contributed by atoms with Gasteiger partial charge in [0, 0.05) is 19.2 Å². The van der Waals surface area contributed by atoms with Gasteiger partial charge in [-0.15, -0.1) is 0 Å². The molecule has 0 heterocycles. The van der Waals surface area contributed by atoms with E-state index in [2.05, 4.69) is 9.44 Å². The molecule has 0 saturated heterocycles. The van der Waals surface area contributed by atoms with Crippen LogP contribution in [0.15, 0.2) is 0 Å². The summed E-state index contributed by atoms with van der Waals surface area (Å²) in [6.07, 6.45) is 0.430. The summed E-state index contributed by atoms with van der Waals surface area (Å²) < 4.78 is 26.7. The fourth-order valence-electron chi connectivity index (χ4n) is 0.638. The highest BCUT2D eigenvalue weighted by molar-refractivity contribution is 7.87. The van der Waals surface area contributed by atoms with Gasteiger partial charge in [-0.3, -0.25) is 0 Å². The van der Waals surface area contributed by atoms with Gasteiger partial charge in [0.25, 0.3) is 10.2 Å². The second-order valence-electron chi connectivity index (χ2n) is 2.75. The third-order valence-corrected chi connectivity index (χ3v) is 2.38. The van der Waals surface area contributed by atoms with Gasteiger partial charge in [-0.2, -0.15) is 13.1 Å². The zero-order valence-electron chi connectivity index (χ0n) is 7.37. The Morgan fingerprint density at radius 3 is 2.42 bits per heavy atom. The third kappa shape index (κ3) is 6.53. The molecule has 0 aromatic heterocycles. The van der Waals surface area contributed by atoms with E-state index in [1.165, 1.54) is 0 Å². The molecule has 0 amide bonds. The summed E-state index contributed by atoms with van der Waals surface area (Å²) in [5.41, 5.74) is 0. The van der Waals surface area contributed by atoms with Crippen molar-refractivity contribution in [2.75, 3.05) is 13.2 Å². The topological polar surface area (TPSA) is 78.4 Å². The van der Waals surface area contributed by atoms with Crippen LogP contribution < -0.4 is 9.44 Å². The standard InChI is InChI=1S/C6H16N2O3S/c1-6(2)8-12(10,11)7-4-3-5-9/h6-9H,3-5H2,1-2H3. The molecule has 0 aromatic carbocycles. The van der Waals surface area contributed by atoms with Crippen LogP contribution in [0.3, 0.4) is 0 Å². The van der Waals surface area contributed by atoms with E-state index in [0.29, 0.717) is 6.42 Å². The van der Waals surface area contributed by atoms with E-state index in [1.54, 1.807) is 13.8 Å². The summed E-state index contributed by atoms with van der Waals surface area (Å²) >= 11 is 0. The predicted molar refractivity (Wildman–Crippen MR) is 46.9 cm³/mol. The third-order valence-electron chi connectivity index (χ3n) is 1.02. The minimum absolute atomic E-state index is 0.00972. The first-order chi connectivity index (χ1) is 5.48. The lowest BCUT2D eigenvalue weighted by molar-refractivity contribution is 0.289. The van der Waals surface area contributed by atoms with Crippen LogP contribution >= 0.6 is 0 Å². The molecule has 0 aliphatic heterocycles. The highest BCUT2D eigenvalue weighted by Gasteiger charge is 2.08. The van der Waals surface area contributed by atoms with E-state index in [9.17, 15) is 8.42 Å². The molecule has 0 aliphatic carbocycles. The Hall–Kier alpha value is -0.170.